The minimum atomic E-state index is -4.77. The van der Waals surface area contributed by atoms with Crippen LogP contribution in [0.25, 0.3) is 17.0 Å². The number of nitrogens with one attached hydrogen (secondary N) is 1. The van der Waals surface area contributed by atoms with Crippen LogP contribution in [0.2, 0.25) is 0 Å². The van der Waals surface area contributed by atoms with Gasteiger partial charge in [0.1, 0.15) is 11.6 Å². The third-order valence-electron chi connectivity index (χ3n) is 3.61. The number of anilines is 1. The second kappa shape index (κ2) is 7.10. The lowest BCUT2D eigenvalue weighted by Gasteiger charge is -2.08. The summed E-state index contributed by atoms with van der Waals surface area (Å²) in [5.41, 5.74) is 1.01. The van der Waals surface area contributed by atoms with Gasteiger partial charge in [-0.05, 0) is 35.9 Å². The Balaban J connectivity index is 1.71. The highest BCUT2D eigenvalue weighted by Gasteiger charge is 2.30. The molecule has 0 saturated carbocycles. The van der Waals surface area contributed by atoms with Gasteiger partial charge < -0.3 is 10.1 Å². The summed E-state index contributed by atoms with van der Waals surface area (Å²) in [5.74, 6) is -1.36. The molecule has 0 radical (unpaired) electrons. The molecule has 0 saturated heterocycles. The zero-order chi connectivity index (χ0) is 19.6. The van der Waals surface area contributed by atoms with Crippen LogP contribution >= 0.6 is 0 Å². The molecule has 0 aliphatic heterocycles. The van der Waals surface area contributed by atoms with Crippen molar-refractivity contribution in [1.82, 2.24) is 9.78 Å². The number of rotatable bonds is 4. The van der Waals surface area contributed by atoms with Gasteiger partial charge >= 0.3 is 6.36 Å². The first kappa shape index (κ1) is 18.4. The van der Waals surface area contributed by atoms with E-state index in [-0.39, 0.29) is 17.0 Å². The number of halogens is 4. The number of nitrogens with zero attached hydrogens (tertiary/aromatic N) is 2. The molecule has 0 spiro atoms. The Kier molecular flexibility index (Phi) is 4.85. The van der Waals surface area contributed by atoms with Crippen molar-refractivity contribution in [2.24, 2.45) is 7.05 Å². The van der Waals surface area contributed by atoms with E-state index in [0.29, 0.717) is 11.1 Å². The van der Waals surface area contributed by atoms with Gasteiger partial charge in [-0.15, -0.1) is 13.2 Å². The van der Waals surface area contributed by atoms with Crippen LogP contribution < -0.4 is 10.1 Å². The first-order valence-corrected chi connectivity index (χ1v) is 7.69. The van der Waals surface area contributed by atoms with Crippen LogP contribution in [0.3, 0.4) is 0 Å². The van der Waals surface area contributed by atoms with E-state index < -0.39 is 18.1 Å². The summed E-state index contributed by atoms with van der Waals surface area (Å²) in [6, 6.07) is 9.46. The van der Waals surface area contributed by atoms with E-state index in [1.165, 1.54) is 41.1 Å². The van der Waals surface area contributed by atoms with Crippen LogP contribution in [0.4, 0.5) is 23.4 Å². The fourth-order valence-corrected chi connectivity index (χ4v) is 2.47. The first-order valence-electron chi connectivity index (χ1n) is 7.69. The number of carbonyl (C=O) groups is 1. The van der Waals surface area contributed by atoms with Crippen molar-refractivity contribution in [3.8, 4) is 5.75 Å². The average Bonchev–Trinajstić information content (AvgIpc) is 2.90. The van der Waals surface area contributed by atoms with Gasteiger partial charge in [-0.3, -0.25) is 9.48 Å². The number of hydrogen-bond acceptors (Lipinski definition) is 3. The molecule has 2 aromatic carbocycles. The monoisotopic (exact) mass is 379 g/mol. The average molecular weight is 379 g/mol. The van der Waals surface area contributed by atoms with Gasteiger partial charge in [-0.1, -0.05) is 18.2 Å². The highest BCUT2D eigenvalue weighted by molar-refractivity contribution is 6.06. The van der Waals surface area contributed by atoms with Crippen molar-refractivity contribution in [2.45, 2.75) is 6.36 Å². The predicted molar refractivity (Wildman–Crippen MR) is 91.5 cm³/mol. The largest absolute Gasteiger partial charge is 0.573 e. The molecule has 3 rings (SSSR count). The zero-order valence-electron chi connectivity index (χ0n) is 13.9. The van der Waals surface area contributed by atoms with Crippen molar-refractivity contribution in [1.29, 1.82) is 0 Å². The van der Waals surface area contributed by atoms with E-state index in [9.17, 15) is 22.4 Å². The molecule has 1 aromatic heterocycles. The van der Waals surface area contributed by atoms with Crippen LogP contribution in [0, 0.1) is 5.82 Å². The number of amides is 1. The lowest BCUT2D eigenvalue weighted by molar-refractivity contribution is -0.274. The molecule has 0 fully saturated rings. The van der Waals surface area contributed by atoms with E-state index in [0.717, 1.165) is 12.1 Å². The molecule has 0 atom stereocenters. The summed E-state index contributed by atoms with van der Waals surface area (Å²) in [6.45, 7) is 0. The molecule has 1 N–H and O–H groups in total. The highest BCUT2D eigenvalue weighted by Crippen LogP contribution is 2.25. The fraction of sp³-hybridized carbons (Fsp3) is 0.111. The minimum Gasteiger partial charge on any atom is -0.406 e. The van der Waals surface area contributed by atoms with Crippen LogP contribution in [0.1, 0.15) is 5.56 Å². The molecule has 5 nitrogen and oxygen atoms in total. The molecule has 140 valence electrons. The molecule has 0 aliphatic carbocycles. The van der Waals surface area contributed by atoms with Crippen molar-refractivity contribution in [3.05, 3.63) is 59.9 Å². The van der Waals surface area contributed by atoms with Gasteiger partial charge in [0.25, 0.3) is 0 Å². The van der Waals surface area contributed by atoms with Crippen molar-refractivity contribution >= 4 is 28.7 Å². The molecule has 9 heteroatoms. The molecule has 1 heterocycles. The van der Waals surface area contributed by atoms with Crippen LogP contribution in [0.5, 0.6) is 5.75 Å². The van der Waals surface area contributed by atoms with E-state index in [1.807, 2.05) is 0 Å². The molecule has 27 heavy (non-hydrogen) atoms. The molecule has 0 unspecified atom stereocenters. The molecular weight excluding hydrogens is 366 g/mol. The Morgan fingerprint density at radius 2 is 1.89 bits per heavy atom. The second-order valence-corrected chi connectivity index (χ2v) is 5.55. The fourth-order valence-electron chi connectivity index (χ4n) is 2.47. The molecule has 0 aliphatic rings. The zero-order valence-corrected chi connectivity index (χ0v) is 13.9. The van der Waals surface area contributed by atoms with Crippen molar-refractivity contribution in [2.75, 3.05) is 5.32 Å². The first-order chi connectivity index (χ1) is 12.7. The van der Waals surface area contributed by atoms with E-state index in [2.05, 4.69) is 15.2 Å². The lowest BCUT2D eigenvalue weighted by Crippen LogP contribution is -2.16. The minimum absolute atomic E-state index is 0.0779. The van der Waals surface area contributed by atoms with Crippen LogP contribution in [-0.2, 0) is 11.8 Å². The van der Waals surface area contributed by atoms with Crippen LogP contribution in [-0.4, -0.2) is 22.1 Å². The number of alkyl halides is 3. The summed E-state index contributed by atoms with van der Waals surface area (Å²) in [7, 11) is 1.62. The Morgan fingerprint density at radius 1 is 1.19 bits per heavy atom. The van der Waals surface area contributed by atoms with Gasteiger partial charge in [-0.25, -0.2) is 4.39 Å². The van der Waals surface area contributed by atoms with Crippen molar-refractivity contribution < 1.29 is 27.1 Å². The van der Waals surface area contributed by atoms with E-state index in [4.69, 9.17) is 0 Å². The lowest BCUT2D eigenvalue weighted by atomic mass is 10.2. The summed E-state index contributed by atoms with van der Waals surface area (Å²) < 4.78 is 55.6. The number of aryl methyl sites for hydroxylation is 1. The number of aromatic nitrogens is 2. The molecule has 3 aromatic rings. The number of hydrogen-bond donors (Lipinski definition) is 1. The quantitative estimate of drug-likeness (QED) is 0.544. The number of ether oxygens (including phenoxy) is 1. The van der Waals surface area contributed by atoms with E-state index in [1.54, 1.807) is 13.1 Å². The molecule has 1 amide bonds. The second-order valence-electron chi connectivity index (χ2n) is 5.55. The number of carbonyl (C=O) groups excluding carboxylic acids is 1. The Bertz CT molecular complexity index is 1010. The Labute approximate surface area is 150 Å². The maximum atomic E-state index is 14.0. The number of fused-ring (bicyclic) bond motifs is 1. The van der Waals surface area contributed by atoms with Gasteiger partial charge in [0.2, 0.25) is 5.91 Å². The van der Waals surface area contributed by atoms with Crippen LogP contribution in [0.15, 0.2) is 48.5 Å². The maximum absolute atomic E-state index is 14.0. The summed E-state index contributed by atoms with van der Waals surface area (Å²) in [6.07, 6.45) is -2.20. The predicted octanol–water partition coefficient (Wildman–Crippen LogP) is 4.26. The van der Waals surface area contributed by atoms with Gasteiger partial charge in [0.05, 0.1) is 10.9 Å². The van der Waals surface area contributed by atoms with E-state index >= 15 is 0 Å². The molecular formula is C18H13F4N3O2. The topological polar surface area (TPSA) is 56.2 Å². The van der Waals surface area contributed by atoms with Gasteiger partial charge in [0.15, 0.2) is 5.82 Å². The normalized spacial score (nSPS) is 11.9. The summed E-state index contributed by atoms with van der Waals surface area (Å²) in [5, 5.41) is 6.76. The Hall–Kier alpha value is -3.36. The highest BCUT2D eigenvalue weighted by atomic mass is 19.4. The SMILES string of the molecule is Cn1nc(NC(=O)/C=C/c2ccc(OC(F)(F)F)cc2)c2c(F)cccc21. The third kappa shape index (κ3) is 4.43. The summed E-state index contributed by atoms with van der Waals surface area (Å²) in [4.78, 5) is 12.1. The Morgan fingerprint density at radius 3 is 2.56 bits per heavy atom. The van der Waals surface area contributed by atoms with Crippen molar-refractivity contribution in [3.63, 3.8) is 0 Å². The number of benzene rings is 2. The third-order valence-corrected chi connectivity index (χ3v) is 3.61. The smallest absolute Gasteiger partial charge is 0.406 e. The standard InChI is InChI=1S/C18H13F4N3O2/c1-25-14-4-2-3-13(19)16(14)17(24-25)23-15(26)10-7-11-5-8-12(9-6-11)27-18(20,21)22/h2-10H,1H3,(H,23,24,26)/b10-7+. The molecule has 0 bridgehead atoms. The van der Waals surface area contributed by atoms with Gasteiger partial charge in [0, 0.05) is 13.1 Å². The maximum Gasteiger partial charge on any atom is 0.573 e. The summed E-state index contributed by atoms with van der Waals surface area (Å²) >= 11 is 0. The van der Waals surface area contributed by atoms with Gasteiger partial charge in [-0.2, -0.15) is 5.10 Å².